The fraction of sp³-hybridized carbons (Fsp3) is 0.450. The van der Waals surface area contributed by atoms with Crippen LogP contribution in [-0.2, 0) is 7.05 Å². The standard InChI is InChI=1S/C20H27N7/c1-14-17-10-9-16(13-18(17)25-27(14)3)26(2)19-11-12-21-20(22-19)24-23-15-7-5-4-6-8-15/h9-13,15,23H,4-8H2,1-3H3,(H,21,22,24). The van der Waals surface area contributed by atoms with E-state index in [9.17, 15) is 0 Å². The number of fused-ring (bicyclic) bond motifs is 1. The lowest BCUT2D eigenvalue weighted by Gasteiger charge is -2.23. The van der Waals surface area contributed by atoms with Gasteiger partial charge in [0.15, 0.2) is 0 Å². The summed E-state index contributed by atoms with van der Waals surface area (Å²) in [5, 5.41) is 5.76. The average molecular weight is 365 g/mol. The Morgan fingerprint density at radius 3 is 2.78 bits per heavy atom. The van der Waals surface area contributed by atoms with E-state index in [1.807, 2.05) is 24.8 Å². The number of aromatic nitrogens is 4. The number of hydrogen-bond acceptors (Lipinski definition) is 6. The predicted octanol–water partition coefficient (Wildman–Crippen LogP) is 3.69. The highest BCUT2D eigenvalue weighted by Gasteiger charge is 2.14. The maximum absolute atomic E-state index is 4.65. The van der Waals surface area contributed by atoms with Crippen LogP contribution < -0.4 is 15.8 Å². The fourth-order valence-corrected chi connectivity index (χ4v) is 3.67. The molecule has 1 aromatic carbocycles. The molecule has 0 aliphatic heterocycles. The molecule has 0 amide bonds. The summed E-state index contributed by atoms with van der Waals surface area (Å²) in [5.74, 6) is 1.43. The third-order valence-corrected chi connectivity index (χ3v) is 5.48. The number of hydrogen-bond donors (Lipinski definition) is 2. The molecule has 7 nitrogen and oxygen atoms in total. The molecule has 3 aromatic rings. The number of rotatable bonds is 5. The molecule has 2 aromatic heterocycles. The summed E-state index contributed by atoms with van der Waals surface area (Å²) in [5.41, 5.74) is 9.76. The zero-order valence-electron chi connectivity index (χ0n) is 16.2. The van der Waals surface area contributed by atoms with E-state index in [0.717, 1.165) is 17.0 Å². The van der Waals surface area contributed by atoms with Gasteiger partial charge in [0.05, 0.1) is 5.52 Å². The summed E-state index contributed by atoms with van der Waals surface area (Å²) in [6.07, 6.45) is 8.12. The van der Waals surface area contributed by atoms with Crippen molar-refractivity contribution in [2.24, 2.45) is 7.05 Å². The summed E-state index contributed by atoms with van der Waals surface area (Å²) >= 11 is 0. The lowest BCUT2D eigenvalue weighted by Crippen LogP contribution is -2.36. The molecule has 2 N–H and O–H groups in total. The van der Waals surface area contributed by atoms with Gasteiger partial charge in [-0.05, 0) is 44.0 Å². The van der Waals surface area contributed by atoms with Crippen molar-refractivity contribution >= 4 is 28.4 Å². The molecule has 4 rings (SSSR count). The first-order chi connectivity index (χ1) is 13.1. The molecule has 1 saturated carbocycles. The van der Waals surface area contributed by atoms with Crippen molar-refractivity contribution in [2.75, 3.05) is 17.4 Å². The Kier molecular flexibility index (Phi) is 4.94. The van der Waals surface area contributed by atoms with E-state index in [4.69, 9.17) is 0 Å². The molecule has 0 radical (unpaired) electrons. The Morgan fingerprint density at radius 1 is 1.15 bits per heavy atom. The van der Waals surface area contributed by atoms with E-state index in [2.05, 4.69) is 55.9 Å². The summed E-state index contributed by atoms with van der Waals surface area (Å²) in [6, 6.07) is 8.73. The number of benzene rings is 1. The Morgan fingerprint density at radius 2 is 1.96 bits per heavy atom. The van der Waals surface area contributed by atoms with Gasteiger partial charge in [-0.3, -0.25) is 10.1 Å². The van der Waals surface area contributed by atoms with Gasteiger partial charge >= 0.3 is 0 Å². The van der Waals surface area contributed by atoms with Crippen molar-refractivity contribution in [3.05, 3.63) is 36.2 Å². The molecule has 0 spiro atoms. The highest BCUT2D eigenvalue weighted by Crippen LogP contribution is 2.27. The molecule has 0 atom stereocenters. The van der Waals surface area contributed by atoms with E-state index >= 15 is 0 Å². The largest absolute Gasteiger partial charge is 0.329 e. The Bertz CT molecular complexity index is 927. The molecule has 142 valence electrons. The lowest BCUT2D eigenvalue weighted by atomic mass is 9.96. The zero-order chi connectivity index (χ0) is 18.8. The number of anilines is 3. The van der Waals surface area contributed by atoms with Gasteiger partial charge in [-0.1, -0.05) is 19.3 Å². The minimum atomic E-state index is 0.499. The van der Waals surface area contributed by atoms with E-state index < -0.39 is 0 Å². The predicted molar refractivity (Wildman–Crippen MR) is 109 cm³/mol. The second kappa shape index (κ2) is 7.52. The summed E-state index contributed by atoms with van der Waals surface area (Å²) in [4.78, 5) is 11.0. The Hall–Kier alpha value is -2.67. The zero-order valence-corrected chi connectivity index (χ0v) is 16.2. The van der Waals surface area contributed by atoms with Crippen LogP contribution in [-0.4, -0.2) is 32.8 Å². The van der Waals surface area contributed by atoms with E-state index in [1.165, 1.54) is 43.2 Å². The van der Waals surface area contributed by atoms with Gasteiger partial charge in [0.1, 0.15) is 5.82 Å². The van der Waals surface area contributed by atoms with Gasteiger partial charge in [-0.25, -0.2) is 10.4 Å². The van der Waals surface area contributed by atoms with Crippen molar-refractivity contribution < 1.29 is 0 Å². The van der Waals surface area contributed by atoms with Crippen LogP contribution in [0.1, 0.15) is 37.8 Å². The molecule has 0 bridgehead atoms. The van der Waals surface area contributed by atoms with Crippen molar-refractivity contribution in [1.82, 2.24) is 25.2 Å². The molecule has 1 aliphatic carbocycles. The lowest BCUT2D eigenvalue weighted by molar-refractivity contribution is 0.392. The van der Waals surface area contributed by atoms with Gasteiger partial charge in [0.2, 0.25) is 5.95 Å². The smallest absolute Gasteiger partial charge is 0.239 e. The van der Waals surface area contributed by atoms with E-state index in [-0.39, 0.29) is 0 Å². The highest BCUT2D eigenvalue weighted by molar-refractivity contribution is 5.85. The first-order valence-electron chi connectivity index (χ1n) is 9.63. The van der Waals surface area contributed by atoms with Crippen molar-refractivity contribution in [3.63, 3.8) is 0 Å². The summed E-state index contributed by atoms with van der Waals surface area (Å²) in [6.45, 7) is 2.08. The van der Waals surface area contributed by atoms with E-state index in [0.29, 0.717) is 12.0 Å². The molecular formula is C20H27N7. The second-order valence-corrected chi connectivity index (χ2v) is 7.31. The third-order valence-electron chi connectivity index (χ3n) is 5.48. The van der Waals surface area contributed by atoms with Gasteiger partial charge in [0, 0.05) is 43.1 Å². The monoisotopic (exact) mass is 365 g/mol. The first kappa shape index (κ1) is 17.7. The van der Waals surface area contributed by atoms with Crippen molar-refractivity contribution in [2.45, 2.75) is 45.1 Å². The van der Waals surface area contributed by atoms with Crippen LogP contribution in [0.2, 0.25) is 0 Å². The molecule has 7 heteroatoms. The van der Waals surface area contributed by atoms with Crippen LogP contribution in [0.15, 0.2) is 30.5 Å². The SMILES string of the molecule is Cc1c2ccc(N(C)c3ccnc(NNC4CCCCC4)n3)cc2nn1C. The second-order valence-electron chi connectivity index (χ2n) is 7.31. The van der Waals surface area contributed by atoms with Crippen LogP contribution in [0, 0.1) is 6.92 Å². The molecule has 1 fully saturated rings. The van der Waals surface area contributed by atoms with Gasteiger partial charge < -0.3 is 4.90 Å². The quantitative estimate of drug-likeness (QED) is 0.672. The Labute approximate surface area is 159 Å². The summed E-state index contributed by atoms with van der Waals surface area (Å²) < 4.78 is 1.91. The Balaban J connectivity index is 1.50. The molecule has 0 unspecified atom stereocenters. The summed E-state index contributed by atoms with van der Waals surface area (Å²) in [7, 11) is 3.98. The normalized spacial score (nSPS) is 15.2. The van der Waals surface area contributed by atoms with Crippen LogP contribution in [0.3, 0.4) is 0 Å². The molecule has 27 heavy (non-hydrogen) atoms. The molecule has 1 aliphatic rings. The number of hydrazine groups is 1. The molecule has 0 saturated heterocycles. The van der Waals surface area contributed by atoms with E-state index in [1.54, 1.807) is 6.20 Å². The van der Waals surface area contributed by atoms with Crippen LogP contribution in [0.25, 0.3) is 10.9 Å². The number of aryl methyl sites for hydroxylation is 2. The fourth-order valence-electron chi connectivity index (χ4n) is 3.67. The molecular weight excluding hydrogens is 338 g/mol. The maximum Gasteiger partial charge on any atom is 0.239 e. The van der Waals surface area contributed by atoms with Crippen molar-refractivity contribution in [3.8, 4) is 0 Å². The van der Waals surface area contributed by atoms with Crippen molar-refractivity contribution in [1.29, 1.82) is 0 Å². The topological polar surface area (TPSA) is 70.9 Å². The maximum atomic E-state index is 4.65. The number of nitrogens with one attached hydrogen (secondary N) is 2. The first-order valence-corrected chi connectivity index (χ1v) is 9.63. The molecule has 2 heterocycles. The number of nitrogens with zero attached hydrogens (tertiary/aromatic N) is 5. The average Bonchev–Trinajstić information content (AvgIpc) is 3.00. The minimum Gasteiger partial charge on any atom is -0.329 e. The minimum absolute atomic E-state index is 0.499. The van der Waals surface area contributed by atoms with Gasteiger partial charge in [0.25, 0.3) is 0 Å². The highest BCUT2D eigenvalue weighted by atomic mass is 15.4. The van der Waals surface area contributed by atoms with Crippen LogP contribution in [0.4, 0.5) is 17.5 Å². The van der Waals surface area contributed by atoms with Crippen LogP contribution in [0.5, 0.6) is 0 Å². The van der Waals surface area contributed by atoms with Gasteiger partial charge in [-0.2, -0.15) is 10.1 Å². The van der Waals surface area contributed by atoms with Gasteiger partial charge in [-0.15, -0.1) is 0 Å². The van der Waals surface area contributed by atoms with Crippen LogP contribution >= 0.6 is 0 Å². The third kappa shape index (κ3) is 3.73.